The van der Waals surface area contributed by atoms with Gasteiger partial charge in [0.2, 0.25) is 0 Å². The van der Waals surface area contributed by atoms with E-state index in [-0.39, 0.29) is 0 Å². The molecule has 0 nitrogen and oxygen atoms in total. The number of hydrogen-bond donors (Lipinski definition) is 0. The lowest BCUT2D eigenvalue weighted by atomic mass is 9.74. The van der Waals surface area contributed by atoms with Gasteiger partial charge in [-0.05, 0) is 17.8 Å². The molecule has 0 aromatic carbocycles. The van der Waals surface area contributed by atoms with Crippen LogP contribution in [0.1, 0.15) is 52.9 Å². The molecule has 0 N–H and O–H groups in total. The van der Waals surface area contributed by atoms with E-state index in [0.717, 1.165) is 17.8 Å². The van der Waals surface area contributed by atoms with Crippen molar-refractivity contribution in [3.63, 3.8) is 0 Å². The van der Waals surface area contributed by atoms with Crippen LogP contribution in [-0.4, -0.2) is 7.85 Å². The van der Waals surface area contributed by atoms with Gasteiger partial charge in [0.25, 0.3) is 0 Å². The van der Waals surface area contributed by atoms with Gasteiger partial charge in [0.1, 0.15) is 0 Å². The molecule has 0 aliphatic heterocycles. The summed E-state index contributed by atoms with van der Waals surface area (Å²) in [4.78, 5) is 0. The first-order valence-electron chi connectivity index (χ1n) is 6.00. The van der Waals surface area contributed by atoms with E-state index in [0.29, 0.717) is 5.82 Å². The van der Waals surface area contributed by atoms with Crippen LogP contribution < -0.4 is 0 Å². The Morgan fingerprint density at radius 2 is 1.69 bits per heavy atom. The summed E-state index contributed by atoms with van der Waals surface area (Å²) >= 11 is 0. The molecule has 1 aliphatic rings. The second kappa shape index (κ2) is 5.07. The third-order valence-corrected chi connectivity index (χ3v) is 3.88. The Balaban J connectivity index is 2.57. The van der Waals surface area contributed by atoms with Crippen LogP contribution >= 0.6 is 0 Å². The first-order valence-corrected chi connectivity index (χ1v) is 6.00. The summed E-state index contributed by atoms with van der Waals surface area (Å²) in [6, 6.07) is 0. The molecule has 1 heteroatoms. The van der Waals surface area contributed by atoms with Crippen LogP contribution in [0.2, 0.25) is 5.82 Å². The Kier molecular flexibility index (Phi) is 4.35. The van der Waals surface area contributed by atoms with Gasteiger partial charge < -0.3 is 0 Å². The first-order chi connectivity index (χ1) is 6.24. The lowest BCUT2D eigenvalue weighted by molar-refractivity contribution is 0.281. The van der Waals surface area contributed by atoms with E-state index in [2.05, 4.69) is 20.8 Å². The van der Waals surface area contributed by atoms with Crippen molar-refractivity contribution in [1.82, 2.24) is 0 Å². The van der Waals surface area contributed by atoms with Crippen molar-refractivity contribution in [3.05, 3.63) is 0 Å². The standard InChI is InChI=1S/C12H23B/c1-4-7-9-8-12(13)11(6-3)10(9)5-2/h9-12H,4-8H2,1-3H3. The van der Waals surface area contributed by atoms with Crippen LogP contribution in [0.25, 0.3) is 0 Å². The van der Waals surface area contributed by atoms with E-state index in [1.807, 2.05) is 0 Å². The molecule has 13 heavy (non-hydrogen) atoms. The Hall–Kier alpha value is 0.0649. The van der Waals surface area contributed by atoms with E-state index in [1.165, 1.54) is 32.1 Å². The number of hydrogen-bond acceptors (Lipinski definition) is 0. The molecule has 0 aromatic heterocycles. The normalized spacial score (nSPS) is 39.6. The fraction of sp³-hybridized carbons (Fsp3) is 1.00. The fourth-order valence-electron chi connectivity index (χ4n) is 3.31. The Morgan fingerprint density at radius 1 is 1.08 bits per heavy atom. The minimum absolute atomic E-state index is 0.492. The largest absolute Gasteiger partial charge is 0.0741 e. The molecule has 4 atom stereocenters. The van der Waals surface area contributed by atoms with E-state index in [9.17, 15) is 0 Å². The maximum absolute atomic E-state index is 6.18. The molecule has 0 amide bonds. The Morgan fingerprint density at radius 3 is 2.15 bits per heavy atom. The fourth-order valence-corrected chi connectivity index (χ4v) is 3.31. The molecule has 2 radical (unpaired) electrons. The van der Waals surface area contributed by atoms with Gasteiger partial charge in [-0.25, -0.2) is 0 Å². The van der Waals surface area contributed by atoms with Crippen molar-refractivity contribution in [1.29, 1.82) is 0 Å². The van der Waals surface area contributed by atoms with Crippen LogP contribution in [0.15, 0.2) is 0 Å². The lowest BCUT2D eigenvalue weighted by Gasteiger charge is -2.23. The highest BCUT2D eigenvalue weighted by Gasteiger charge is 2.37. The first kappa shape index (κ1) is 11.1. The van der Waals surface area contributed by atoms with Crippen LogP contribution in [-0.2, 0) is 0 Å². The monoisotopic (exact) mass is 178 g/mol. The summed E-state index contributed by atoms with van der Waals surface area (Å²) in [7, 11) is 6.18. The van der Waals surface area contributed by atoms with Crippen molar-refractivity contribution in [2.75, 3.05) is 0 Å². The zero-order chi connectivity index (χ0) is 9.84. The van der Waals surface area contributed by atoms with Crippen molar-refractivity contribution in [2.24, 2.45) is 17.8 Å². The Labute approximate surface area is 84.9 Å². The molecule has 1 fully saturated rings. The predicted molar refractivity (Wildman–Crippen MR) is 60.1 cm³/mol. The van der Waals surface area contributed by atoms with Gasteiger partial charge in [0, 0.05) is 0 Å². The maximum atomic E-state index is 6.18. The predicted octanol–water partition coefficient (Wildman–Crippen LogP) is 3.82. The molecule has 74 valence electrons. The van der Waals surface area contributed by atoms with E-state index < -0.39 is 0 Å². The van der Waals surface area contributed by atoms with Crippen LogP contribution in [0.4, 0.5) is 0 Å². The highest BCUT2D eigenvalue weighted by Crippen LogP contribution is 2.48. The van der Waals surface area contributed by atoms with Gasteiger partial charge in [-0.15, -0.1) is 0 Å². The van der Waals surface area contributed by atoms with Crippen molar-refractivity contribution >= 4 is 7.85 Å². The summed E-state index contributed by atoms with van der Waals surface area (Å²) in [5.74, 6) is 3.14. The van der Waals surface area contributed by atoms with Gasteiger partial charge in [0.05, 0.1) is 7.85 Å². The average molecular weight is 178 g/mol. The van der Waals surface area contributed by atoms with Gasteiger partial charge >= 0.3 is 0 Å². The zero-order valence-corrected chi connectivity index (χ0v) is 9.42. The van der Waals surface area contributed by atoms with Crippen LogP contribution in [0.5, 0.6) is 0 Å². The van der Waals surface area contributed by atoms with Gasteiger partial charge in [-0.2, -0.15) is 0 Å². The molecular weight excluding hydrogens is 155 g/mol. The van der Waals surface area contributed by atoms with Crippen molar-refractivity contribution < 1.29 is 0 Å². The minimum atomic E-state index is 0.492. The molecule has 0 bridgehead atoms. The van der Waals surface area contributed by atoms with Crippen LogP contribution in [0.3, 0.4) is 0 Å². The van der Waals surface area contributed by atoms with E-state index >= 15 is 0 Å². The topological polar surface area (TPSA) is 0 Å². The summed E-state index contributed by atoms with van der Waals surface area (Å²) in [5.41, 5.74) is 0. The second-order valence-electron chi connectivity index (χ2n) is 4.59. The third-order valence-electron chi connectivity index (χ3n) is 3.88. The highest BCUT2D eigenvalue weighted by atomic mass is 14.4. The van der Waals surface area contributed by atoms with E-state index in [1.54, 1.807) is 0 Å². The lowest BCUT2D eigenvalue weighted by Crippen LogP contribution is -2.14. The highest BCUT2D eigenvalue weighted by molar-refractivity contribution is 6.12. The van der Waals surface area contributed by atoms with E-state index in [4.69, 9.17) is 7.85 Å². The molecule has 0 aromatic rings. The SMILES string of the molecule is [B]C1CC(CCC)C(CC)C1CC. The van der Waals surface area contributed by atoms with Gasteiger partial charge in [-0.3, -0.25) is 0 Å². The summed E-state index contributed by atoms with van der Waals surface area (Å²) < 4.78 is 0. The van der Waals surface area contributed by atoms with Crippen LogP contribution in [0, 0.1) is 17.8 Å². The molecule has 4 unspecified atom stereocenters. The summed E-state index contributed by atoms with van der Waals surface area (Å²) in [6.07, 6.45) is 6.61. The quantitative estimate of drug-likeness (QED) is 0.574. The molecule has 1 aliphatic carbocycles. The molecule has 1 saturated carbocycles. The average Bonchev–Trinajstić information content (AvgIpc) is 2.41. The Bertz CT molecular complexity index is 144. The van der Waals surface area contributed by atoms with Crippen molar-refractivity contribution in [3.8, 4) is 0 Å². The molecule has 0 heterocycles. The molecular formula is C12H23B. The zero-order valence-electron chi connectivity index (χ0n) is 9.42. The number of rotatable bonds is 4. The molecule has 0 saturated heterocycles. The van der Waals surface area contributed by atoms with Gasteiger partial charge in [-0.1, -0.05) is 58.7 Å². The minimum Gasteiger partial charge on any atom is -0.0741 e. The molecule has 1 rings (SSSR count). The smallest absolute Gasteiger partial charge is 0.0703 e. The summed E-state index contributed by atoms with van der Waals surface area (Å²) in [6.45, 7) is 6.91. The molecule has 0 spiro atoms. The maximum Gasteiger partial charge on any atom is 0.0703 e. The second-order valence-corrected chi connectivity index (χ2v) is 4.59. The summed E-state index contributed by atoms with van der Waals surface area (Å²) in [5, 5.41) is 0. The van der Waals surface area contributed by atoms with Crippen molar-refractivity contribution in [2.45, 2.75) is 58.7 Å². The third kappa shape index (κ3) is 2.30. The van der Waals surface area contributed by atoms with Gasteiger partial charge in [0.15, 0.2) is 0 Å².